The Morgan fingerprint density at radius 3 is 1.97 bits per heavy atom. The minimum absolute atomic E-state index is 0.519. The molecular weight excluding hydrogens is 491 g/mol. The third-order valence-corrected chi connectivity index (χ3v) is 6.93. The van der Waals surface area contributed by atoms with Crippen LogP contribution < -0.4 is 4.90 Å². The molecule has 1 aliphatic rings. The fourth-order valence-electron chi connectivity index (χ4n) is 4.99. The second kappa shape index (κ2) is 9.45. The number of piperazine rings is 1. The largest absolute Gasteiger partial charge is 0.416 e. The molecule has 196 valence electrons. The van der Waals surface area contributed by atoms with Crippen molar-refractivity contribution < 1.29 is 13.2 Å². The van der Waals surface area contributed by atoms with Crippen molar-refractivity contribution in [2.45, 2.75) is 6.18 Å². The van der Waals surface area contributed by atoms with E-state index in [1.807, 2.05) is 24.3 Å². The zero-order valence-electron chi connectivity index (χ0n) is 21.2. The Morgan fingerprint density at radius 2 is 1.34 bits per heavy atom. The smallest absolute Gasteiger partial charge is 0.369 e. The summed E-state index contributed by atoms with van der Waals surface area (Å²) in [6.45, 7) is 5.01. The molecule has 0 saturated carbocycles. The van der Waals surface area contributed by atoms with Crippen LogP contribution in [0.25, 0.3) is 44.8 Å². The fourth-order valence-corrected chi connectivity index (χ4v) is 4.99. The third kappa shape index (κ3) is 4.84. The highest BCUT2D eigenvalue weighted by atomic mass is 19.4. The lowest BCUT2D eigenvalue weighted by Gasteiger charge is -2.37. The Balaban J connectivity index is 1.23. The molecule has 0 aliphatic carbocycles. The minimum Gasteiger partial charge on any atom is -0.369 e. The molecule has 6 rings (SSSR count). The lowest BCUT2D eigenvalue weighted by molar-refractivity contribution is -0.137. The van der Waals surface area contributed by atoms with Gasteiger partial charge in [-0.05, 0) is 62.6 Å². The Kier molecular flexibility index (Phi) is 6.08. The second-order valence-corrected chi connectivity index (χ2v) is 10.0. The van der Waals surface area contributed by atoms with Gasteiger partial charge in [-0.1, -0.05) is 12.1 Å². The normalized spacial score (nSPS) is 15.3. The first-order valence-electron chi connectivity index (χ1n) is 12.5. The number of nitrogens with one attached hydrogen (secondary N) is 2. The summed E-state index contributed by atoms with van der Waals surface area (Å²) in [6, 6.07) is 17.1. The number of alkyl halides is 3. The van der Waals surface area contributed by atoms with Crippen molar-refractivity contribution in [1.82, 2.24) is 29.7 Å². The molecule has 3 aromatic carbocycles. The van der Waals surface area contributed by atoms with E-state index in [1.54, 1.807) is 0 Å². The summed E-state index contributed by atoms with van der Waals surface area (Å²) in [6.07, 6.45) is -4.37. The summed E-state index contributed by atoms with van der Waals surface area (Å²) in [5, 5.41) is 0. The van der Waals surface area contributed by atoms with Crippen LogP contribution in [0.3, 0.4) is 0 Å². The number of fused-ring (bicyclic) bond motifs is 2. The number of nitrogens with zero attached hydrogens (tertiary/aromatic N) is 5. The maximum absolute atomic E-state index is 12.9. The van der Waals surface area contributed by atoms with Crippen molar-refractivity contribution >= 4 is 27.8 Å². The van der Waals surface area contributed by atoms with E-state index < -0.39 is 11.7 Å². The Hall–Kier alpha value is -3.89. The van der Waals surface area contributed by atoms with Gasteiger partial charge in [0.15, 0.2) is 0 Å². The zero-order valence-corrected chi connectivity index (χ0v) is 21.2. The third-order valence-electron chi connectivity index (χ3n) is 6.93. The Morgan fingerprint density at radius 1 is 0.763 bits per heavy atom. The van der Waals surface area contributed by atoms with Crippen LogP contribution in [0, 0.1) is 0 Å². The number of aromatic amines is 2. The molecule has 0 radical (unpaired) electrons. The molecule has 0 atom stereocenters. The van der Waals surface area contributed by atoms with Gasteiger partial charge in [0, 0.05) is 43.0 Å². The van der Waals surface area contributed by atoms with Gasteiger partial charge in [0.1, 0.15) is 11.6 Å². The van der Waals surface area contributed by atoms with Gasteiger partial charge in [0.25, 0.3) is 0 Å². The van der Waals surface area contributed by atoms with Gasteiger partial charge in [-0.2, -0.15) is 13.2 Å². The quantitative estimate of drug-likeness (QED) is 0.324. The minimum atomic E-state index is -4.37. The number of imidazole rings is 2. The van der Waals surface area contributed by atoms with E-state index in [0.717, 1.165) is 78.4 Å². The molecule has 0 unspecified atom stereocenters. The van der Waals surface area contributed by atoms with Gasteiger partial charge < -0.3 is 14.9 Å². The van der Waals surface area contributed by atoms with E-state index in [0.29, 0.717) is 11.4 Å². The molecule has 1 saturated heterocycles. The molecule has 2 aromatic heterocycles. The number of H-pyrrole nitrogens is 2. The molecule has 1 aliphatic heterocycles. The van der Waals surface area contributed by atoms with E-state index in [4.69, 9.17) is 4.98 Å². The molecule has 0 spiro atoms. The average Bonchev–Trinajstić information content (AvgIpc) is 3.52. The maximum atomic E-state index is 12.9. The molecule has 7 nitrogen and oxygen atoms in total. The number of hydrogen-bond acceptors (Lipinski definition) is 5. The maximum Gasteiger partial charge on any atom is 0.416 e. The van der Waals surface area contributed by atoms with Gasteiger partial charge in [-0.15, -0.1) is 0 Å². The topological polar surface area (TPSA) is 67.1 Å². The first-order valence-corrected chi connectivity index (χ1v) is 12.5. The predicted molar refractivity (Wildman–Crippen MR) is 144 cm³/mol. The highest BCUT2D eigenvalue weighted by Crippen LogP contribution is 2.32. The van der Waals surface area contributed by atoms with Gasteiger partial charge >= 0.3 is 6.18 Å². The zero-order chi connectivity index (χ0) is 26.4. The summed E-state index contributed by atoms with van der Waals surface area (Å²) in [7, 11) is 4.19. The molecular formula is C28H28F3N7. The molecule has 3 heterocycles. The van der Waals surface area contributed by atoms with E-state index in [9.17, 15) is 13.2 Å². The van der Waals surface area contributed by atoms with Crippen LogP contribution in [0.5, 0.6) is 0 Å². The van der Waals surface area contributed by atoms with Crippen molar-refractivity contribution in [3.8, 4) is 22.8 Å². The van der Waals surface area contributed by atoms with Crippen LogP contribution >= 0.6 is 0 Å². The number of halogens is 3. The molecule has 2 N–H and O–H groups in total. The van der Waals surface area contributed by atoms with E-state index in [-0.39, 0.29) is 0 Å². The predicted octanol–water partition coefficient (Wildman–Crippen LogP) is 5.43. The first kappa shape index (κ1) is 24.4. The van der Waals surface area contributed by atoms with Crippen molar-refractivity contribution in [2.24, 2.45) is 0 Å². The summed E-state index contributed by atoms with van der Waals surface area (Å²) in [4.78, 5) is 23.1. The van der Waals surface area contributed by atoms with Crippen LogP contribution in [0.1, 0.15) is 5.56 Å². The van der Waals surface area contributed by atoms with E-state index in [2.05, 4.69) is 55.9 Å². The highest BCUT2D eigenvalue weighted by Gasteiger charge is 2.30. The lowest BCUT2D eigenvalue weighted by Crippen LogP contribution is -2.49. The van der Waals surface area contributed by atoms with Crippen molar-refractivity contribution in [3.63, 3.8) is 0 Å². The summed E-state index contributed by atoms with van der Waals surface area (Å²) in [5.41, 5.74) is 5.38. The van der Waals surface area contributed by atoms with E-state index in [1.165, 1.54) is 17.8 Å². The molecule has 0 bridgehead atoms. The van der Waals surface area contributed by atoms with Crippen molar-refractivity contribution in [3.05, 3.63) is 66.2 Å². The SMILES string of the molecule is CN(C)CN1CCN(c2ccc3nc(-c4ccc5nc(-c6ccc(C(F)(F)F)cc6)[nH]c5c4)[nH]c3c2)CC1. The van der Waals surface area contributed by atoms with Gasteiger partial charge in [0.05, 0.1) is 34.3 Å². The number of hydrogen-bond donors (Lipinski definition) is 2. The Labute approximate surface area is 217 Å². The number of rotatable bonds is 5. The molecule has 38 heavy (non-hydrogen) atoms. The summed E-state index contributed by atoms with van der Waals surface area (Å²) >= 11 is 0. The standard InChI is InChI=1S/C28H28F3N7/c1-36(2)17-37-11-13-38(14-12-37)21-8-10-23-25(16-21)35-27(33-23)19-5-9-22-24(15-19)34-26(32-22)18-3-6-20(7-4-18)28(29,30)31/h3-10,15-16H,11-14,17H2,1-2H3,(H,32,34)(H,33,35). The van der Waals surface area contributed by atoms with Crippen LogP contribution in [0.15, 0.2) is 60.7 Å². The van der Waals surface area contributed by atoms with Crippen molar-refractivity contribution in [1.29, 1.82) is 0 Å². The molecule has 1 fully saturated rings. The van der Waals surface area contributed by atoms with Crippen LogP contribution in [-0.4, -0.2) is 76.7 Å². The number of anilines is 1. The second-order valence-electron chi connectivity index (χ2n) is 10.0. The molecule has 0 amide bonds. The number of benzene rings is 3. The van der Waals surface area contributed by atoms with Crippen LogP contribution in [0.4, 0.5) is 18.9 Å². The van der Waals surface area contributed by atoms with Gasteiger partial charge in [-0.25, -0.2) is 9.97 Å². The van der Waals surface area contributed by atoms with Crippen LogP contribution in [-0.2, 0) is 6.18 Å². The molecule has 5 aromatic rings. The lowest BCUT2D eigenvalue weighted by atomic mass is 10.1. The summed E-state index contributed by atoms with van der Waals surface area (Å²) in [5.74, 6) is 1.27. The van der Waals surface area contributed by atoms with Crippen molar-refractivity contribution in [2.75, 3.05) is 51.8 Å². The number of aromatic nitrogens is 4. The average molecular weight is 520 g/mol. The van der Waals surface area contributed by atoms with Gasteiger partial charge in [0.2, 0.25) is 0 Å². The van der Waals surface area contributed by atoms with Gasteiger partial charge in [-0.3, -0.25) is 9.80 Å². The monoisotopic (exact) mass is 519 g/mol. The summed E-state index contributed by atoms with van der Waals surface area (Å²) < 4.78 is 38.7. The highest BCUT2D eigenvalue weighted by molar-refractivity contribution is 5.87. The molecule has 10 heteroatoms. The Bertz CT molecular complexity index is 1580. The van der Waals surface area contributed by atoms with E-state index >= 15 is 0 Å². The fraction of sp³-hybridized carbons (Fsp3) is 0.286. The van der Waals surface area contributed by atoms with Crippen LogP contribution in [0.2, 0.25) is 0 Å². The first-order chi connectivity index (χ1) is 18.2.